The van der Waals surface area contributed by atoms with E-state index in [4.69, 9.17) is 4.74 Å². The Kier molecular flexibility index (Phi) is 5.42. The van der Waals surface area contributed by atoms with Gasteiger partial charge in [-0.3, -0.25) is 4.90 Å². The lowest BCUT2D eigenvalue weighted by Gasteiger charge is -2.36. The highest BCUT2D eigenvalue weighted by atomic mass is 32.2. The molecule has 0 aliphatic carbocycles. The lowest BCUT2D eigenvalue weighted by molar-refractivity contribution is 0.00417. The summed E-state index contributed by atoms with van der Waals surface area (Å²) in [7, 11) is 0. The maximum Gasteiger partial charge on any atom is 0.0702 e. The molecular weight excluding hydrogens is 220 g/mol. The summed E-state index contributed by atoms with van der Waals surface area (Å²) in [6, 6.07) is 0.694. The quantitative estimate of drug-likeness (QED) is 0.803. The Hall–Kier alpha value is 0.230. The molecule has 0 aromatic rings. The fraction of sp³-hybridized carbons (Fsp3) is 1.00. The summed E-state index contributed by atoms with van der Waals surface area (Å²) in [5.74, 6) is 2.55. The van der Waals surface area contributed by atoms with Crippen LogP contribution < -0.4 is 5.32 Å². The Morgan fingerprint density at radius 1 is 1.50 bits per heavy atom. The van der Waals surface area contributed by atoms with E-state index in [0.717, 1.165) is 13.2 Å². The van der Waals surface area contributed by atoms with Crippen LogP contribution in [0.15, 0.2) is 0 Å². The van der Waals surface area contributed by atoms with Crippen LogP contribution in [0.25, 0.3) is 0 Å². The Morgan fingerprint density at radius 2 is 2.44 bits per heavy atom. The molecule has 0 radical (unpaired) electrons. The van der Waals surface area contributed by atoms with Crippen molar-refractivity contribution in [2.24, 2.45) is 0 Å². The van der Waals surface area contributed by atoms with E-state index >= 15 is 0 Å². The van der Waals surface area contributed by atoms with Gasteiger partial charge in [0.2, 0.25) is 0 Å². The minimum atomic E-state index is 0.481. The third-order valence-corrected chi connectivity index (χ3v) is 4.47. The summed E-state index contributed by atoms with van der Waals surface area (Å²) >= 11 is 2.08. The molecular formula is C12H24N2OS. The predicted molar refractivity (Wildman–Crippen MR) is 70.2 cm³/mol. The zero-order valence-corrected chi connectivity index (χ0v) is 11.1. The van der Waals surface area contributed by atoms with Crippen LogP contribution in [0.4, 0.5) is 0 Å². The molecule has 94 valence electrons. The van der Waals surface area contributed by atoms with E-state index in [2.05, 4.69) is 28.9 Å². The van der Waals surface area contributed by atoms with Gasteiger partial charge in [-0.2, -0.15) is 11.8 Å². The van der Waals surface area contributed by atoms with Gasteiger partial charge in [-0.1, -0.05) is 0 Å². The number of piperidine rings is 1. The number of hydrogen-bond acceptors (Lipinski definition) is 4. The van der Waals surface area contributed by atoms with Crippen LogP contribution in [0.1, 0.15) is 19.8 Å². The maximum atomic E-state index is 5.73. The molecule has 4 heteroatoms. The maximum absolute atomic E-state index is 5.73. The summed E-state index contributed by atoms with van der Waals surface area (Å²) in [5, 5.41) is 3.61. The van der Waals surface area contributed by atoms with E-state index in [1.165, 1.54) is 44.0 Å². The molecule has 0 aromatic carbocycles. The molecule has 2 saturated heterocycles. The highest BCUT2D eigenvalue weighted by molar-refractivity contribution is 7.99. The van der Waals surface area contributed by atoms with E-state index in [0.29, 0.717) is 12.1 Å². The van der Waals surface area contributed by atoms with E-state index in [1.54, 1.807) is 0 Å². The van der Waals surface area contributed by atoms with Crippen LogP contribution in [-0.4, -0.2) is 61.3 Å². The molecule has 2 rings (SSSR count). The molecule has 16 heavy (non-hydrogen) atoms. The molecule has 0 amide bonds. The zero-order chi connectivity index (χ0) is 11.2. The molecule has 0 saturated carbocycles. The predicted octanol–water partition coefficient (Wildman–Crippen LogP) is 1.19. The Bertz CT molecular complexity index is 195. The SMILES string of the molecule is CCOC1CCCN(CC2CSCCN2)C1. The van der Waals surface area contributed by atoms with Gasteiger partial charge in [0, 0.05) is 43.8 Å². The van der Waals surface area contributed by atoms with Crippen molar-refractivity contribution in [3.05, 3.63) is 0 Å². The second-order valence-electron chi connectivity index (χ2n) is 4.71. The summed E-state index contributed by atoms with van der Waals surface area (Å²) in [5.41, 5.74) is 0. The van der Waals surface area contributed by atoms with Gasteiger partial charge in [0.1, 0.15) is 0 Å². The van der Waals surface area contributed by atoms with Crippen molar-refractivity contribution < 1.29 is 4.74 Å². The molecule has 1 N–H and O–H groups in total. The van der Waals surface area contributed by atoms with Crippen LogP contribution in [-0.2, 0) is 4.74 Å². The van der Waals surface area contributed by atoms with E-state index in [9.17, 15) is 0 Å². The van der Waals surface area contributed by atoms with Gasteiger partial charge < -0.3 is 10.1 Å². The number of likely N-dealkylation sites (tertiary alicyclic amines) is 1. The van der Waals surface area contributed by atoms with Crippen molar-refractivity contribution in [1.82, 2.24) is 10.2 Å². The lowest BCUT2D eigenvalue weighted by atomic mass is 10.1. The van der Waals surface area contributed by atoms with Gasteiger partial charge in [0.25, 0.3) is 0 Å². The Morgan fingerprint density at radius 3 is 3.19 bits per heavy atom. The number of rotatable bonds is 4. The first-order chi connectivity index (χ1) is 7.88. The van der Waals surface area contributed by atoms with Crippen LogP contribution in [0.3, 0.4) is 0 Å². The van der Waals surface area contributed by atoms with E-state index in [-0.39, 0.29) is 0 Å². The Labute approximate surface area is 103 Å². The minimum absolute atomic E-state index is 0.481. The fourth-order valence-electron chi connectivity index (χ4n) is 2.60. The number of hydrogen-bond donors (Lipinski definition) is 1. The minimum Gasteiger partial charge on any atom is -0.377 e. The van der Waals surface area contributed by atoms with Gasteiger partial charge in [0.05, 0.1) is 6.10 Å². The van der Waals surface area contributed by atoms with Crippen LogP contribution in [0.5, 0.6) is 0 Å². The largest absolute Gasteiger partial charge is 0.377 e. The second-order valence-corrected chi connectivity index (χ2v) is 5.85. The number of thioether (sulfide) groups is 1. The smallest absolute Gasteiger partial charge is 0.0702 e. The third-order valence-electron chi connectivity index (χ3n) is 3.34. The van der Waals surface area contributed by atoms with Gasteiger partial charge in [-0.05, 0) is 26.3 Å². The highest BCUT2D eigenvalue weighted by Gasteiger charge is 2.23. The standard InChI is InChI=1S/C12H24N2OS/c1-2-15-12-4-3-6-14(9-12)8-11-10-16-7-5-13-11/h11-13H,2-10H2,1H3. The van der Waals surface area contributed by atoms with E-state index < -0.39 is 0 Å². The van der Waals surface area contributed by atoms with Crippen molar-refractivity contribution in [3.8, 4) is 0 Å². The van der Waals surface area contributed by atoms with Crippen LogP contribution >= 0.6 is 11.8 Å². The van der Waals surface area contributed by atoms with Gasteiger partial charge >= 0.3 is 0 Å². The molecule has 0 bridgehead atoms. The first-order valence-corrected chi connectivity index (χ1v) is 7.69. The molecule has 0 spiro atoms. The summed E-state index contributed by atoms with van der Waals surface area (Å²) in [6.07, 6.45) is 3.02. The lowest BCUT2D eigenvalue weighted by Crippen LogP contribution is -2.49. The zero-order valence-electron chi connectivity index (χ0n) is 10.3. The average molecular weight is 244 g/mol. The fourth-order valence-corrected chi connectivity index (χ4v) is 3.54. The Balaban J connectivity index is 1.71. The van der Waals surface area contributed by atoms with Crippen LogP contribution in [0.2, 0.25) is 0 Å². The number of nitrogens with zero attached hydrogens (tertiary/aromatic N) is 1. The van der Waals surface area contributed by atoms with Gasteiger partial charge in [-0.25, -0.2) is 0 Å². The summed E-state index contributed by atoms with van der Waals surface area (Å²) in [6.45, 7) is 7.73. The molecule has 2 heterocycles. The first-order valence-electron chi connectivity index (χ1n) is 6.53. The molecule has 3 nitrogen and oxygen atoms in total. The molecule has 0 aromatic heterocycles. The van der Waals surface area contributed by atoms with Crippen molar-refractivity contribution in [2.75, 3.05) is 44.3 Å². The molecule has 2 unspecified atom stereocenters. The molecule has 2 aliphatic rings. The topological polar surface area (TPSA) is 24.5 Å². The van der Waals surface area contributed by atoms with Crippen molar-refractivity contribution in [1.29, 1.82) is 0 Å². The summed E-state index contributed by atoms with van der Waals surface area (Å²) < 4.78 is 5.73. The summed E-state index contributed by atoms with van der Waals surface area (Å²) in [4.78, 5) is 2.58. The molecule has 2 fully saturated rings. The van der Waals surface area contributed by atoms with Crippen molar-refractivity contribution in [2.45, 2.75) is 31.9 Å². The average Bonchev–Trinajstić information content (AvgIpc) is 2.31. The normalized spacial score (nSPS) is 32.8. The van der Waals surface area contributed by atoms with Gasteiger partial charge in [0.15, 0.2) is 0 Å². The monoisotopic (exact) mass is 244 g/mol. The number of ether oxygens (including phenoxy) is 1. The van der Waals surface area contributed by atoms with E-state index in [1.807, 2.05) is 0 Å². The molecule has 2 aliphatic heterocycles. The van der Waals surface area contributed by atoms with Crippen molar-refractivity contribution >= 4 is 11.8 Å². The number of nitrogens with one attached hydrogen (secondary N) is 1. The highest BCUT2D eigenvalue weighted by Crippen LogP contribution is 2.15. The van der Waals surface area contributed by atoms with Gasteiger partial charge in [-0.15, -0.1) is 0 Å². The third kappa shape index (κ3) is 3.91. The first kappa shape index (κ1) is 12.7. The second kappa shape index (κ2) is 6.84. The van der Waals surface area contributed by atoms with Crippen molar-refractivity contribution in [3.63, 3.8) is 0 Å². The van der Waals surface area contributed by atoms with Crippen LogP contribution in [0, 0.1) is 0 Å². The molecule has 2 atom stereocenters.